The van der Waals surface area contributed by atoms with Gasteiger partial charge in [0.15, 0.2) is 0 Å². The molecule has 0 bridgehead atoms. The van der Waals surface area contributed by atoms with Gasteiger partial charge >= 0.3 is 0 Å². The number of para-hydroxylation sites is 1. The van der Waals surface area contributed by atoms with Crippen LogP contribution in [-0.4, -0.2) is 23.0 Å². The molecule has 29 heavy (non-hydrogen) atoms. The molecule has 4 nitrogen and oxygen atoms in total. The van der Waals surface area contributed by atoms with Crippen LogP contribution in [0.25, 0.3) is 10.9 Å². The fourth-order valence-electron chi connectivity index (χ4n) is 4.10. The summed E-state index contributed by atoms with van der Waals surface area (Å²) in [6.45, 7) is 2.91. The number of benzene rings is 2. The van der Waals surface area contributed by atoms with Crippen LogP contribution in [0, 0.1) is 6.92 Å². The summed E-state index contributed by atoms with van der Waals surface area (Å²) >= 11 is 5.98. The predicted molar refractivity (Wildman–Crippen MR) is 118 cm³/mol. The highest BCUT2D eigenvalue weighted by Gasteiger charge is 2.22. The van der Waals surface area contributed by atoms with Crippen LogP contribution in [0.3, 0.4) is 0 Å². The van der Waals surface area contributed by atoms with Crippen molar-refractivity contribution in [3.8, 4) is 0 Å². The van der Waals surface area contributed by atoms with E-state index in [2.05, 4.69) is 41.8 Å². The zero-order valence-electron chi connectivity index (χ0n) is 16.6. The summed E-state index contributed by atoms with van der Waals surface area (Å²) < 4.78 is 0. The lowest BCUT2D eigenvalue weighted by Gasteiger charge is -2.29. The molecule has 0 unspecified atom stereocenters. The van der Waals surface area contributed by atoms with E-state index >= 15 is 0 Å². The van der Waals surface area contributed by atoms with Gasteiger partial charge in [-0.05, 0) is 68.5 Å². The summed E-state index contributed by atoms with van der Waals surface area (Å²) in [6, 6.07) is 18.2. The molecule has 1 amide bonds. The van der Waals surface area contributed by atoms with E-state index in [-0.39, 0.29) is 11.9 Å². The second kappa shape index (κ2) is 8.93. The molecule has 2 aromatic carbocycles. The van der Waals surface area contributed by atoms with E-state index in [9.17, 15) is 4.79 Å². The van der Waals surface area contributed by atoms with Crippen LogP contribution in [0.5, 0.6) is 0 Å². The summed E-state index contributed by atoms with van der Waals surface area (Å²) in [5, 5.41) is 8.60. The summed E-state index contributed by atoms with van der Waals surface area (Å²) in [6.07, 6.45) is 4.06. The molecular weight excluding hydrogens is 382 g/mol. The van der Waals surface area contributed by atoms with E-state index in [1.807, 2.05) is 6.07 Å². The number of aromatic nitrogens is 1. The molecule has 1 aliphatic carbocycles. The number of fused-ring (bicyclic) bond motifs is 1. The van der Waals surface area contributed by atoms with Gasteiger partial charge in [0, 0.05) is 34.6 Å². The number of nitrogens with zero attached hydrogens (tertiary/aromatic N) is 1. The first-order valence-corrected chi connectivity index (χ1v) is 10.6. The molecule has 2 N–H and O–H groups in total. The normalized spacial score (nSPS) is 19.2. The van der Waals surface area contributed by atoms with E-state index in [0.717, 1.165) is 43.4 Å². The Morgan fingerprint density at radius 2 is 1.79 bits per heavy atom. The van der Waals surface area contributed by atoms with Gasteiger partial charge in [0.2, 0.25) is 0 Å². The molecule has 150 valence electrons. The van der Waals surface area contributed by atoms with Gasteiger partial charge in [0.25, 0.3) is 5.91 Å². The maximum atomic E-state index is 12.4. The lowest BCUT2D eigenvalue weighted by atomic mass is 9.91. The van der Waals surface area contributed by atoms with Crippen LogP contribution >= 0.6 is 11.6 Å². The number of aryl methyl sites for hydroxylation is 1. The number of nitrogens with one attached hydrogen (secondary N) is 2. The summed E-state index contributed by atoms with van der Waals surface area (Å²) in [7, 11) is 0. The molecule has 0 radical (unpaired) electrons. The fourth-order valence-corrected chi connectivity index (χ4v) is 4.29. The molecular formula is C24H26ClN3O. The van der Waals surface area contributed by atoms with Crippen molar-refractivity contribution in [3.05, 3.63) is 76.4 Å². The van der Waals surface area contributed by atoms with Gasteiger partial charge in [0.1, 0.15) is 0 Å². The highest BCUT2D eigenvalue weighted by molar-refractivity contribution is 6.30. The van der Waals surface area contributed by atoms with Gasteiger partial charge < -0.3 is 10.6 Å². The van der Waals surface area contributed by atoms with E-state index in [1.54, 1.807) is 24.3 Å². The second-order valence-electron chi connectivity index (χ2n) is 7.86. The Morgan fingerprint density at radius 3 is 2.59 bits per heavy atom. The van der Waals surface area contributed by atoms with E-state index < -0.39 is 0 Å². The monoisotopic (exact) mass is 407 g/mol. The average Bonchev–Trinajstić information content (AvgIpc) is 2.73. The molecule has 1 aliphatic rings. The second-order valence-corrected chi connectivity index (χ2v) is 8.30. The number of halogens is 1. The van der Waals surface area contributed by atoms with Crippen LogP contribution < -0.4 is 10.6 Å². The minimum atomic E-state index is -0.0419. The van der Waals surface area contributed by atoms with Gasteiger partial charge in [-0.25, -0.2) is 0 Å². The van der Waals surface area contributed by atoms with Crippen molar-refractivity contribution in [1.82, 2.24) is 15.6 Å². The van der Waals surface area contributed by atoms with Crippen LogP contribution in [0.15, 0.2) is 54.6 Å². The third-order valence-corrected chi connectivity index (χ3v) is 5.93. The third-order valence-electron chi connectivity index (χ3n) is 5.70. The molecule has 5 heteroatoms. The maximum absolute atomic E-state index is 12.4. The number of rotatable bonds is 5. The standard InChI is InChI=1S/C24H26ClN3O/c1-16-13-21(27-23-8-3-2-7-22(16)23)15-26-19-9-11-20(12-10-19)28-24(29)17-5-4-6-18(25)14-17/h2-8,13-14,19-20,26H,9-12,15H2,1H3,(H,28,29)/t19-,20+. The van der Waals surface area contributed by atoms with Crippen molar-refractivity contribution in [1.29, 1.82) is 0 Å². The van der Waals surface area contributed by atoms with Gasteiger partial charge in [-0.3, -0.25) is 9.78 Å². The van der Waals surface area contributed by atoms with E-state index in [4.69, 9.17) is 16.6 Å². The number of carbonyl (C=O) groups excluding carboxylic acids is 1. The van der Waals surface area contributed by atoms with Crippen molar-refractivity contribution < 1.29 is 4.79 Å². The van der Waals surface area contributed by atoms with Crippen LogP contribution in [0.1, 0.15) is 47.3 Å². The Kier molecular flexibility index (Phi) is 6.12. The van der Waals surface area contributed by atoms with Gasteiger partial charge in [-0.15, -0.1) is 0 Å². The summed E-state index contributed by atoms with van der Waals surface area (Å²) in [4.78, 5) is 17.2. The minimum Gasteiger partial charge on any atom is -0.349 e. The Hall–Kier alpha value is -2.43. The third kappa shape index (κ3) is 4.95. The van der Waals surface area contributed by atoms with E-state index in [0.29, 0.717) is 16.6 Å². The zero-order valence-corrected chi connectivity index (χ0v) is 17.4. The fraction of sp³-hybridized carbons (Fsp3) is 0.333. The van der Waals surface area contributed by atoms with Crippen molar-refractivity contribution in [2.45, 2.75) is 51.2 Å². The van der Waals surface area contributed by atoms with Gasteiger partial charge in [-0.1, -0.05) is 35.9 Å². The van der Waals surface area contributed by atoms with Gasteiger partial charge in [0.05, 0.1) is 11.2 Å². The molecule has 0 aliphatic heterocycles. The molecule has 1 heterocycles. The van der Waals surface area contributed by atoms with Gasteiger partial charge in [-0.2, -0.15) is 0 Å². The number of amides is 1. The molecule has 1 fully saturated rings. The smallest absolute Gasteiger partial charge is 0.251 e. The first-order chi connectivity index (χ1) is 14.1. The van der Waals surface area contributed by atoms with Crippen molar-refractivity contribution >= 4 is 28.4 Å². The quantitative estimate of drug-likeness (QED) is 0.623. The molecule has 1 aromatic heterocycles. The lowest BCUT2D eigenvalue weighted by Crippen LogP contribution is -2.42. The number of hydrogen-bond acceptors (Lipinski definition) is 3. The summed E-state index contributed by atoms with van der Waals surface area (Å²) in [5.41, 5.74) is 4.02. The predicted octanol–water partition coefficient (Wildman–Crippen LogP) is 5.03. The molecule has 0 saturated heterocycles. The Balaban J connectivity index is 1.27. The highest BCUT2D eigenvalue weighted by Crippen LogP contribution is 2.21. The molecule has 0 spiro atoms. The average molecular weight is 408 g/mol. The largest absolute Gasteiger partial charge is 0.349 e. The van der Waals surface area contributed by atoms with Crippen molar-refractivity contribution in [2.75, 3.05) is 0 Å². The zero-order chi connectivity index (χ0) is 20.2. The van der Waals surface area contributed by atoms with Crippen molar-refractivity contribution in [3.63, 3.8) is 0 Å². The number of hydrogen-bond donors (Lipinski definition) is 2. The minimum absolute atomic E-state index is 0.0419. The lowest BCUT2D eigenvalue weighted by molar-refractivity contribution is 0.0924. The first kappa shape index (κ1) is 19.9. The van der Waals surface area contributed by atoms with Crippen LogP contribution in [0.2, 0.25) is 5.02 Å². The number of carbonyl (C=O) groups is 1. The Morgan fingerprint density at radius 1 is 1.03 bits per heavy atom. The topological polar surface area (TPSA) is 54.0 Å². The highest BCUT2D eigenvalue weighted by atomic mass is 35.5. The molecule has 1 saturated carbocycles. The molecule has 0 atom stereocenters. The number of pyridine rings is 1. The van der Waals surface area contributed by atoms with E-state index in [1.165, 1.54) is 10.9 Å². The summed E-state index contributed by atoms with van der Waals surface area (Å²) in [5.74, 6) is -0.0419. The Labute approximate surface area is 176 Å². The maximum Gasteiger partial charge on any atom is 0.251 e. The molecule has 3 aromatic rings. The van der Waals surface area contributed by atoms with Crippen LogP contribution in [-0.2, 0) is 6.54 Å². The van der Waals surface area contributed by atoms with Crippen molar-refractivity contribution in [2.24, 2.45) is 0 Å². The Bertz CT molecular complexity index is 1010. The first-order valence-electron chi connectivity index (χ1n) is 10.2. The molecule has 4 rings (SSSR count). The van der Waals surface area contributed by atoms with Crippen LogP contribution in [0.4, 0.5) is 0 Å². The SMILES string of the molecule is Cc1cc(CN[C@H]2CC[C@@H](NC(=O)c3cccc(Cl)c3)CC2)nc2ccccc12.